The van der Waals surface area contributed by atoms with Crippen LogP contribution in [0.5, 0.6) is 0 Å². The third-order valence-electron chi connectivity index (χ3n) is 8.41. The molecule has 0 atom stereocenters. The minimum Gasteiger partial charge on any atom is -0.458 e. The molecule has 0 unspecified atom stereocenters. The van der Waals surface area contributed by atoms with Gasteiger partial charge in [0.05, 0.1) is 28.2 Å². The topological polar surface area (TPSA) is 42.2 Å². The Hall–Kier alpha value is -5.48. The van der Waals surface area contributed by atoms with E-state index in [0.717, 1.165) is 61.9 Å². The third-order valence-corrected chi connectivity index (χ3v) is 8.41. The molecule has 0 amide bonds. The van der Waals surface area contributed by atoms with Crippen LogP contribution in [-0.4, -0.2) is 9.97 Å². The Morgan fingerprint density at radius 1 is 0.581 bits per heavy atom. The summed E-state index contributed by atoms with van der Waals surface area (Å²) in [4.78, 5) is 12.5. The average molecular weight is 556 g/mol. The summed E-state index contributed by atoms with van der Waals surface area (Å²) >= 11 is 0. The molecule has 0 radical (unpaired) electrons. The molecule has 3 heterocycles. The van der Waals surface area contributed by atoms with Gasteiger partial charge in [-0.15, -0.1) is 0 Å². The van der Waals surface area contributed by atoms with Crippen molar-refractivity contribution in [2.75, 3.05) is 4.90 Å². The monoisotopic (exact) mass is 555 g/mol. The first-order valence-electron chi connectivity index (χ1n) is 14.6. The molecule has 7 aromatic rings. The molecule has 0 bridgehead atoms. The number of benzene rings is 5. The van der Waals surface area contributed by atoms with Crippen molar-refractivity contribution >= 4 is 28.0 Å². The van der Waals surface area contributed by atoms with Gasteiger partial charge in [-0.2, -0.15) is 0 Å². The zero-order valence-corrected chi connectivity index (χ0v) is 24.0. The Balaban J connectivity index is 1.34. The molecule has 0 saturated heterocycles. The molecule has 2 aromatic heterocycles. The van der Waals surface area contributed by atoms with Crippen LogP contribution in [0.2, 0.25) is 0 Å². The summed E-state index contributed by atoms with van der Waals surface area (Å²) in [6.45, 7) is 4.49. The second-order valence-corrected chi connectivity index (χ2v) is 11.5. The fraction of sp³-hybridized carbons (Fsp3) is 0.0769. The van der Waals surface area contributed by atoms with Gasteiger partial charge in [0, 0.05) is 27.8 Å². The van der Waals surface area contributed by atoms with Crippen LogP contribution in [0.15, 0.2) is 144 Å². The van der Waals surface area contributed by atoms with Crippen molar-refractivity contribution in [2.24, 2.45) is 0 Å². The summed E-state index contributed by atoms with van der Waals surface area (Å²) in [5.74, 6) is 1.65. The van der Waals surface area contributed by atoms with Gasteiger partial charge in [-0.05, 0) is 55.8 Å². The fourth-order valence-electron chi connectivity index (χ4n) is 6.26. The van der Waals surface area contributed by atoms with Gasteiger partial charge in [0.15, 0.2) is 5.82 Å². The second-order valence-electron chi connectivity index (χ2n) is 11.5. The molecule has 43 heavy (non-hydrogen) atoms. The highest BCUT2D eigenvalue weighted by Gasteiger charge is 2.41. The Kier molecular flexibility index (Phi) is 5.76. The number of anilines is 3. The minimum absolute atomic E-state index is 0.295. The van der Waals surface area contributed by atoms with E-state index < -0.39 is 0 Å². The number of fused-ring (bicyclic) bond motifs is 4. The quantitative estimate of drug-likeness (QED) is 0.217. The van der Waals surface area contributed by atoms with Crippen LogP contribution in [0.1, 0.15) is 25.2 Å². The summed E-state index contributed by atoms with van der Waals surface area (Å²) in [6, 6.07) is 48.1. The molecule has 0 fully saturated rings. The summed E-state index contributed by atoms with van der Waals surface area (Å²) in [6.07, 6.45) is 0. The van der Waals surface area contributed by atoms with Crippen molar-refractivity contribution in [2.45, 2.75) is 19.3 Å². The van der Waals surface area contributed by atoms with Crippen molar-refractivity contribution < 1.29 is 4.42 Å². The molecular weight excluding hydrogens is 526 g/mol. The molecule has 4 nitrogen and oxygen atoms in total. The number of hydrogen-bond donors (Lipinski definition) is 0. The maximum Gasteiger partial charge on any atom is 0.160 e. The zero-order chi connectivity index (χ0) is 29.0. The first-order valence-corrected chi connectivity index (χ1v) is 14.6. The molecular formula is C39H29N3O. The number of rotatable bonds is 4. The average Bonchev–Trinajstić information content (AvgIpc) is 3.46. The van der Waals surface area contributed by atoms with Crippen LogP contribution in [0.3, 0.4) is 0 Å². The molecule has 0 spiro atoms. The van der Waals surface area contributed by atoms with Crippen LogP contribution < -0.4 is 4.90 Å². The lowest BCUT2D eigenvalue weighted by Gasteiger charge is -2.39. The van der Waals surface area contributed by atoms with Crippen LogP contribution in [0, 0.1) is 0 Å². The zero-order valence-electron chi connectivity index (χ0n) is 24.0. The number of hydrogen-bond acceptors (Lipinski definition) is 4. The molecule has 4 heteroatoms. The molecule has 0 saturated carbocycles. The van der Waals surface area contributed by atoms with Gasteiger partial charge in [-0.25, -0.2) is 9.97 Å². The summed E-state index contributed by atoms with van der Waals surface area (Å²) < 4.78 is 6.59. The molecule has 8 rings (SSSR count). The van der Waals surface area contributed by atoms with E-state index in [0.29, 0.717) is 5.82 Å². The summed E-state index contributed by atoms with van der Waals surface area (Å²) in [5, 5.41) is 1.10. The maximum absolute atomic E-state index is 6.59. The Labute approximate surface area is 250 Å². The smallest absolute Gasteiger partial charge is 0.160 e. The van der Waals surface area contributed by atoms with E-state index in [1.807, 2.05) is 42.5 Å². The number of aromatic nitrogens is 2. The van der Waals surface area contributed by atoms with Crippen LogP contribution in [0.4, 0.5) is 17.1 Å². The van der Waals surface area contributed by atoms with Crippen molar-refractivity contribution in [1.82, 2.24) is 9.97 Å². The van der Waals surface area contributed by atoms with E-state index >= 15 is 0 Å². The lowest BCUT2D eigenvalue weighted by molar-refractivity contribution is 0.450. The van der Waals surface area contributed by atoms with E-state index in [4.69, 9.17) is 14.4 Å². The molecule has 1 aliphatic heterocycles. The molecule has 0 aliphatic carbocycles. The lowest BCUT2D eigenvalue weighted by Crippen LogP contribution is -2.29. The van der Waals surface area contributed by atoms with Crippen molar-refractivity contribution in [3.63, 3.8) is 0 Å². The Bertz CT molecular complexity index is 2050. The Morgan fingerprint density at radius 3 is 1.91 bits per heavy atom. The predicted octanol–water partition coefficient (Wildman–Crippen LogP) is 10.3. The second kappa shape index (κ2) is 9.81. The van der Waals surface area contributed by atoms with Gasteiger partial charge in [0.2, 0.25) is 0 Å². The van der Waals surface area contributed by atoms with Gasteiger partial charge in [0.25, 0.3) is 0 Å². The van der Waals surface area contributed by atoms with Gasteiger partial charge in [-0.3, -0.25) is 0 Å². The van der Waals surface area contributed by atoms with Gasteiger partial charge in [0.1, 0.15) is 11.3 Å². The summed E-state index contributed by atoms with van der Waals surface area (Å²) in [7, 11) is 0. The van der Waals surface area contributed by atoms with E-state index in [9.17, 15) is 0 Å². The number of nitrogens with zero attached hydrogens (tertiary/aromatic N) is 3. The van der Waals surface area contributed by atoms with Crippen LogP contribution in [0.25, 0.3) is 44.9 Å². The first kappa shape index (κ1) is 25.2. The molecule has 1 aliphatic rings. The van der Waals surface area contributed by atoms with Crippen molar-refractivity contribution in [3.8, 4) is 33.9 Å². The molecule has 0 N–H and O–H groups in total. The molecule has 5 aromatic carbocycles. The number of furan rings is 1. The largest absolute Gasteiger partial charge is 0.458 e. The van der Waals surface area contributed by atoms with Gasteiger partial charge < -0.3 is 9.32 Å². The van der Waals surface area contributed by atoms with E-state index in [2.05, 4.69) is 116 Å². The summed E-state index contributed by atoms with van der Waals surface area (Å²) in [5.41, 5.74) is 9.92. The van der Waals surface area contributed by atoms with Crippen LogP contribution >= 0.6 is 0 Å². The highest BCUT2D eigenvalue weighted by molar-refractivity contribution is 6.01. The van der Waals surface area contributed by atoms with E-state index in [-0.39, 0.29) is 5.41 Å². The minimum atomic E-state index is -0.295. The van der Waals surface area contributed by atoms with E-state index in [1.54, 1.807) is 0 Å². The fourth-order valence-corrected chi connectivity index (χ4v) is 6.26. The van der Waals surface area contributed by atoms with Gasteiger partial charge in [-0.1, -0.05) is 103 Å². The predicted molar refractivity (Wildman–Crippen MR) is 175 cm³/mol. The maximum atomic E-state index is 6.59. The third kappa shape index (κ3) is 4.14. The van der Waals surface area contributed by atoms with Crippen molar-refractivity contribution in [3.05, 3.63) is 151 Å². The van der Waals surface area contributed by atoms with Crippen molar-refractivity contribution in [1.29, 1.82) is 0 Å². The highest BCUT2D eigenvalue weighted by atomic mass is 16.3. The first-order chi connectivity index (χ1) is 21.1. The van der Waals surface area contributed by atoms with Gasteiger partial charge >= 0.3 is 0 Å². The Morgan fingerprint density at radius 2 is 1.19 bits per heavy atom. The standard InChI is InChI=1S/C39H29N3O/c1-39(2)31-21-10-11-22-34(31)42(36-30-20-9-12-23-35(30)43-37(36)39)29-19-13-18-28(24-29)38-40-32(26-14-5-3-6-15-26)25-33(41-38)27-16-7-4-8-17-27/h3-25H,1-2H3. The van der Waals surface area contributed by atoms with E-state index in [1.165, 1.54) is 5.56 Å². The highest BCUT2D eigenvalue weighted by Crippen LogP contribution is 2.55. The lowest BCUT2D eigenvalue weighted by atomic mass is 9.77. The normalized spacial score (nSPS) is 13.5. The van der Waals surface area contributed by atoms with Crippen LogP contribution in [-0.2, 0) is 5.41 Å². The molecule has 206 valence electrons. The SMILES string of the molecule is CC1(C)c2ccccc2N(c2cccc(-c3nc(-c4ccccc4)cc(-c4ccccc4)n3)c2)c2c1oc1ccccc21. The number of para-hydroxylation sites is 2.